The van der Waals surface area contributed by atoms with Crippen LogP contribution in [0.1, 0.15) is 60.3 Å². The molecule has 3 heterocycles. The number of hydrogen-bond donors (Lipinski definition) is 2. The van der Waals surface area contributed by atoms with Gasteiger partial charge in [-0.2, -0.15) is 13.2 Å². The molecule has 3 fully saturated rings. The van der Waals surface area contributed by atoms with Crippen LogP contribution in [0.2, 0.25) is 0 Å². The average Bonchev–Trinajstić information content (AvgIpc) is 3.66. The van der Waals surface area contributed by atoms with Crippen LogP contribution in [-0.4, -0.2) is 39.9 Å². The van der Waals surface area contributed by atoms with E-state index in [1.807, 2.05) is 24.3 Å². The van der Waals surface area contributed by atoms with Crippen molar-refractivity contribution in [2.75, 3.05) is 13.1 Å². The van der Waals surface area contributed by atoms with Gasteiger partial charge in [0.25, 0.3) is 0 Å². The Labute approximate surface area is 217 Å². The molecule has 9 heteroatoms. The number of carbonyl (C=O) groups excluding carboxylic acids is 2. The van der Waals surface area contributed by atoms with E-state index in [0.717, 1.165) is 52.6 Å². The molecule has 3 aliphatic rings. The number of fused-ring (bicyclic) bond motifs is 1. The standard InChI is InChI=1S/C29H28F3N3O3/c30-29(31,32)21-3-1-18(2-4-21)16-35-12-11-28(38,27(17-35)9-10-27)22-5-7-24-19(14-22)13-20(15-33-24)23-6-8-25(36)34-26(23)37/h1-5,7,13-15,23,38H,6,8-12,16-17H2,(H,34,36,37). The van der Waals surface area contributed by atoms with Crippen LogP contribution in [-0.2, 0) is 27.9 Å². The topological polar surface area (TPSA) is 82.5 Å². The molecule has 2 aliphatic heterocycles. The van der Waals surface area contributed by atoms with Crippen LogP contribution < -0.4 is 5.32 Å². The lowest BCUT2D eigenvalue weighted by Crippen LogP contribution is -2.51. The summed E-state index contributed by atoms with van der Waals surface area (Å²) in [6.45, 7) is 1.82. The van der Waals surface area contributed by atoms with Crippen molar-refractivity contribution in [2.24, 2.45) is 5.41 Å². The van der Waals surface area contributed by atoms with Gasteiger partial charge in [-0.1, -0.05) is 18.2 Å². The van der Waals surface area contributed by atoms with Gasteiger partial charge in [-0.3, -0.25) is 24.8 Å². The van der Waals surface area contributed by atoms with Crippen LogP contribution in [0.4, 0.5) is 13.2 Å². The Morgan fingerprint density at radius 2 is 1.82 bits per heavy atom. The number of aromatic nitrogens is 1. The van der Waals surface area contributed by atoms with E-state index < -0.39 is 23.3 Å². The molecule has 1 spiro atoms. The number of nitrogens with one attached hydrogen (secondary N) is 1. The van der Waals surface area contributed by atoms with Crippen molar-refractivity contribution in [2.45, 2.75) is 56.3 Å². The van der Waals surface area contributed by atoms with Crippen molar-refractivity contribution in [1.82, 2.24) is 15.2 Å². The summed E-state index contributed by atoms with van der Waals surface area (Å²) < 4.78 is 38.7. The molecular weight excluding hydrogens is 495 g/mol. The van der Waals surface area contributed by atoms with Crippen LogP contribution >= 0.6 is 0 Å². The number of likely N-dealkylation sites (tertiary alicyclic amines) is 1. The summed E-state index contributed by atoms with van der Waals surface area (Å²) in [5.74, 6) is -1.00. The fourth-order valence-corrected chi connectivity index (χ4v) is 6.20. The van der Waals surface area contributed by atoms with Crippen LogP contribution in [0, 0.1) is 5.41 Å². The van der Waals surface area contributed by atoms with Crippen molar-refractivity contribution in [3.8, 4) is 0 Å². The maximum Gasteiger partial charge on any atom is 0.416 e. The molecule has 0 radical (unpaired) electrons. The Morgan fingerprint density at radius 3 is 2.50 bits per heavy atom. The second-order valence-electron chi connectivity index (χ2n) is 11.0. The monoisotopic (exact) mass is 523 g/mol. The van der Waals surface area contributed by atoms with Gasteiger partial charge in [-0.15, -0.1) is 0 Å². The largest absolute Gasteiger partial charge is 0.416 e. The number of halogens is 3. The first-order valence-electron chi connectivity index (χ1n) is 12.9. The van der Waals surface area contributed by atoms with Gasteiger partial charge in [0.05, 0.1) is 22.6 Å². The van der Waals surface area contributed by atoms with Gasteiger partial charge < -0.3 is 5.11 Å². The van der Waals surface area contributed by atoms with E-state index in [4.69, 9.17) is 0 Å². The van der Waals surface area contributed by atoms with Gasteiger partial charge in [0.15, 0.2) is 0 Å². The molecule has 1 aromatic heterocycles. The summed E-state index contributed by atoms with van der Waals surface area (Å²) in [4.78, 5) is 30.6. The number of nitrogens with zero attached hydrogens (tertiary/aromatic N) is 2. The third kappa shape index (κ3) is 4.37. The van der Waals surface area contributed by atoms with Crippen molar-refractivity contribution in [3.05, 3.63) is 77.0 Å². The first-order valence-corrected chi connectivity index (χ1v) is 12.9. The molecule has 2 unspecified atom stereocenters. The molecule has 0 bridgehead atoms. The minimum Gasteiger partial charge on any atom is -0.384 e. The van der Waals surface area contributed by atoms with Crippen LogP contribution in [0.3, 0.4) is 0 Å². The lowest BCUT2D eigenvalue weighted by Gasteiger charge is -2.46. The summed E-state index contributed by atoms with van der Waals surface area (Å²) in [5, 5.41) is 15.2. The van der Waals surface area contributed by atoms with Crippen molar-refractivity contribution in [3.63, 3.8) is 0 Å². The molecule has 38 heavy (non-hydrogen) atoms. The maximum atomic E-state index is 12.9. The molecule has 6 nitrogen and oxygen atoms in total. The van der Waals surface area contributed by atoms with Crippen molar-refractivity contribution >= 4 is 22.7 Å². The zero-order valence-electron chi connectivity index (χ0n) is 20.7. The van der Waals surface area contributed by atoms with Crippen LogP contribution in [0.5, 0.6) is 0 Å². The molecular formula is C29H28F3N3O3. The van der Waals surface area contributed by atoms with E-state index in [9.17, 15) is 27.9 Å². The molecule has 198 valence electrons. The van der Waals surface area contributed by atoms with Gasteiger partial charge in [0, 0.05) is 43.1 Å². The highest BCUT2D eigenvalue weighted by Gasteiger charge is 2.61. The summed E-state index contributed by atoms with van der Waals surface area (Å²) in [5.41, 5.74) is 1.16. The maximum absolute atomic E-state index is 12.9. The lowest BCUT2D eigenvalue weighted by atomic mass is 9.73. The third-order valence-electron chi connectivity index (χ3n) is 8.56. The fraction of sp³-hybridized carbons (Fsp3) is 0.414. The molecule has 2 saturated heterocycles. The number of aliphatic hydroxyl groups is 1. The van der Waals surface area contributed by atoms with E-state index in [1.54, 1.807) is 6.20 Å². The molecule has 2 atom stereocenters. The number of amides is 2. The fourth-order valence-electron chi connectivity index (χ4n) is 6.20. The highest BCUT2D eigenvalue weighted by Crippen LogP contribution is 2.62. The Morgan fingerprint density at radius 1 is 1.05 bits per heavy atom. The molecule has 2 aromatic carbocycles. The smallest absolute Gasteiger partial charge is 0.384 e. The Balaban J connectivity index is 1.22. The van der Waals surface area contributed by atoms with Crippen molar-refractivity contribution < 1.29 is 27.9 Å². The molecule has 2 N–H and O–H groups in total. The van der Waals surface area contributed by atoms with E-state index >= 15 is 0 Å². The summed E-state index contributed by atoms with van der Waals surface area (Å²) in [7, 11) is 0. The van der Waals surface area contributed by atoms with Gasteiger partial charge in [0.1, 0.15) is 0 Å². The highest BCUT2D eigenvalue weighted by atomic mass is 19.4. The van der Waals surface area contributed by atoms with Gasteiger partial charge >= 0.3 is 6.18 Å². The Kier molecular flexibility index (Phi) is 5.84. The first kappa shape index (κ1) is 25.0. The number of rotatable bonds is 4. The molecule has 3 aromatic rings. The van der Waals surface area contributed by atoms with Crippen LogP contribution in [0.25, 0.3) is 10.9 Å². The number of benzene rings is 2. The first-order chi connectivity index (χ1) is 18.1. The number of piperidine rings is 2. The van der Waals surface area contributed by atoms with Gasteiger partial charge in [0.2, 0.25) is 11.8 Å². The average molecular weight is 524 g/mol. The minimum absolute atomic E-state index is 0.260. The van der Waals surface area contributed by atoms with E-state index in [1.165, 1.54) is 12.1 Å². The minimum atomic E-state index is -4.35. The van der Waals surface area contributed by atoms with Gasteiger partial charge in [-0.25, -0.2) is 0 Å². The lowest BCUT2D eigenvalue weighted by molar-refractivity contribution is -0.138. The quantitative estimate of drug-likeness (QED) is 0.487. The molecule has 6 rings (SSSR count). The number of alkyl halides is 3. The van der Waals surface area contributed by atoms with E-state index in [2.05, 4.69) is 15.2 Å². The zero-order chi connectivity index (χ0) is 26.7. The van der Waals surface area contributed by atoms with Crippen molar-refractivity contribution in [1.29, 1.82) is 0 Å². The zero-order valence-corrected chi connectivity index (χ0v) is 20.7. The summed E-state index contributed by atoms with van der Waals surface area (Å²) in [6, 6.07) is 13.0. The normalized spacial score (nSPS) is 25.5. The Hall–Kier alpha value is -3.30. The summed E-state index contributed by atoms with van der Waals surface area (Å²) in [6.07, 6.45) is 0.326. The molecule has 1 aliphatic carbocycles. The molecule has 2 amide bonds. The number of pyridine rings is 1. The molecule has 1 saturated carbocycles. The number of carbonyl (C=O) groups is 2. The van der Waals surface area contributed by atoms with Gasteiger partial charge in [-0.05, 0) is 72.7 Å². The predicted octanol–water partition coefficient (Wildman–Crippen LogP) is 4.65. The second-order valence-corrected chi connectivity index (χ2v) is 11.0. The second kappa shape index (κ2) is 8.88. The highest BCUT2D eigenvalue weighted by molar-refractivity contribution is 6.01. The van der Waals surface area contributed by atoms with E-state index in [-0.39, 0.29) is 17.2 Å². The van der Waals surface area contributed by atoms with E-state index in [0.29, 0.717) is 38.9 Å². The predicted molar refractivity (Wildman–Crippen MR) is 134 cm³/mol. The number of imide groups is 1. The summed E-state index contributed by atoms with van der Waals surface area (Å²) >= 11 is 0. The van der Waals surface area contributed by atoms with Crippen LogP contribution in [0.15, 0.2) is 54.7 Å². The third-order valence-corrected chi connectivity index (χ3v) is 8.56. The SMILES string of the molecule is O=C1CCC(c2cnc3ccc(C4(O)CCN(Cc5ccc(C(F)(F)F)cc5)CC45CC5)cc3c2)C(=O)N1. The Bertz CT molecular complexity index is 1420. The number of hydrogen-bond acceptors (Lipinski definition) is 5.